The average Bonchev–Trinajstić information content (AvgIpc) is 2.73. The third-order valence-corrected chi connectivity index (χ3v) is 4.48. The van der Waals surface area contributed by atoms with E-state index in [1.807, 2.05) is 6.07 Å². The molecule has 0 aliphatic carbocycles. The maximum absolute atomic E-state index is 13.2. The van der Waals surface area contributed by atoms with E-state index in [9.17, 15) is 14.4 Å². The lowest BCUT2D eigenvalue weighted by Crippen LogP contribution is -2.13. The van der Waals surface area contributed by atoms with Crippen LogP contribution in [0.3, 0.4) is 0 Å². The summed E-state index contributed by atoms with van der Waals surface area (Å²) in [6.07, 6.45) is 1.50. The molecular formula is C23H16BrFN2O2. The van der Waals surface area contributed by atoms with E-state index < -0.39 is 5.91 Å². The van der Waals surface area contributed by atoms with Crippen molar-refractivity contribution in [1.82, 2.24) is 0 Å². The van der Waals surface area contributed by atoms with Crippen molar-refractivity contribution in [3.8, 4) is 11.8 Å². The molecule has 3 rings (SSSR count). The van der Waals surface area contributed by atoms with Crippen molar-refractivity contribution < 1.29 is 13.9 Å². The minimum absolute atomic E-state index is 0.0126. The minimum Gasteiger partial charge on any atom is -0.489 e. The smallest absolute Gasteiger partial charge is 0.266 e. The number of anilines is 1. The van der Waals surface area contributed by atoms with Gasteiger partial charge in [0.05, 0.1) is 0 Å². The Morgan fingerprint density at radius 2 is 1.83 bits per heavy atom. The van der Waals surface area contributed by atoms with Crippen molar-refractivity contribution in [1.29, 1.82) is 5.26 Å². The molecular weight excluding hydrogens is 435 g/mol. The molecule has 0 unspecified atom stereocenters. The number of amides is 1. The zero-order chi connectivity index (χ0) is 20.6. The van der Waals surface area contributed by atoms with E-state index in [4.69, 9.17) is 4.74 Å². The lowest BCUT2D eigenvalue weighted by Gasteiger charge is -2.07. The number of rotatable bonds is 6. The van der Waals surface area contributed by atoms with Gasteiger partial charge in [0.15, 0.2) is 0 Å². The number of nitrogens with one attached hydrogen (secondary N) is 1. The average molecular weight is 451 g/mol. The van der Waals surface area contributed by atoms with Gasteiger partial charge in [-0.3, -0.25) is 4.79 Å². The topological polar surface area (TPSA) is 62.1 Å². The molecule has 144 valence electrons. The molecule has 0 aliphatic heterocycles. The number of ether oxygens (including phenoxy) is 1. The van der Waals surface area contributed by atoms with Gasteiger partial charge in [0.25, 0.3) is 5.91 Å². The SMILES string of the molecule is N#C/C(=C/c1ccc(OCc2cccc(F)c2)cc1)C(=O)Nc1ccc(Br)cc1. The lowest BCUT2D eigenvalue weighted by atomic mass is 10.1. The van der Waals surface area contributed by atoms with E-state index in [1.54, 1.807) is 60.7 Å². The molecule has 0 radical (unpaired) electrons. The van der Waals surface area contributed by atoms with Crippen LogP contribution >= 0.6 is 15.9 Å². The first-order valence-corrected chi connectivity index (χ1v) is 9.49. The Kier molecular flexibility index (Phi) is 6.77. The molecule has 0 bridgehead atoms. The van der Waals surface area contributed by atoms with E-state index in [-0.39, 0.29) is 18.0 Å². The summed E-state index contributed by atoms with van der Waals surface area (Å²) < 4.78 is 19.7. The highest BCUT2D eigenvalue weighted by molar-refractivity contribution is 9.10. The van der Waals surface area contributed by atoms with Crippen molar-refractivity contribution in [2.45, 2.75) is 6.61 Å². The van der Waals surface area contributed by atoms with E-state index in [2.05, 4.69) is 21.2 Å². The quantitative estimate of drug-likeness (QED) is 0.386. The van der Waals surface area contributed by atoms with Crippen LogP contribution in [0.5, 0.6) is 5.75 Å². The van der Waals surface area contributed by atoms with Crippen molar-refractivity contribution in [2.24, 2.45) is 0 Å². The minimum atomic E-state index is -0.485. The maximum atomic E-state index is 13.2. The van der Waals surface area contributed by atoms with Crippen LogP contribution in [-0.4, -0.2) is 5.91 Å². The van der Waals surface area contributed by atoms with Crippen LogP contribution < -0.4 is 10.1 Å². The Morgan fingerprint density at radius 3 is 2.48 bits per heavy atom. The van der Waals surface area contributed by atoms with Crippen LogP contribution in [0.1, 0.15) is 11.1 Å². The van der Waals surface area contributed by atoms with Crippen molar-refractivity contribution in [3.63, 3.8) is 0 Å². The van der Waals surface area contributed by atoms with Gasteiger partial charge >= 0.3 is 0 Å². The molecule has 6 heteroatoms. The third-order valence-electron chi connectivity index (χ3n) is 3.95. The predicted octanol–water partition coefficient (Wildman–Crippen LogP) is 5.71. The number of hydrogen-bond donors (Lipinski definition) is 1. The normalized spacial score (nSPS) is 10.9. The van der Waals surface area contributed by atoms with Gasteiger partial charge in [0.1, 0.15) is 29.8 Å². The number of carbonyl (C=O) groups excluding carboxylic acids is 1. The van der Waals surface area contributed by atoms with Crippen LogP contribution in [0.2, 0.25) is 0 Å². The summed E-state index contributed by atoms with van der Waals surface area (Å²) in [6.45, 7) is 0.242. The zero-order valence-corrected chi connectivity index (χ0v) is 16.8. The molecule has 0 aliphatic rings. The van der Waals surface area contributed by atoms with Crippen LogP contribution in [0.15, 0.2) is 82.8 Å². The second kappa shape index (κ2) is 9.67. The largest absolute Gasteiger partial charge is 0.489 e. The summed E-state index contributed by atoms with van der Waals surface area (Å²) in [4.78, 5) is 12.3. The fraction of sp³-hybridized carbons (Fsp3) is 0.0435. The fourth-order valence-electron chi connectivity index (χ4n) is 2.50. The van der Waals surface area contributed by atoms with Gasteiger partial charge in [-0.1, -0.05) is 40.2 Å². The molecule has 0 aromatic heterocycles. The lowest BCUT2D eigenvalue weighted by molar-refractivity contribution is -0.112. The number of nitriles is 1. The van der Waals surface area contributed by atoms with Crippen molar-refractivity contribution >= 4 is 33.6 Å². The van der Waals surface area contributed by atoms with Gasteiger partial charge in [-0.25, -0.2) is 4.39 Å². The van der Waals surface area contributed by atoms with Crippen LogP contribution in [0.25, 0.3) is 6.08 Å². The van der Waals surface area contributed by atoms with Gasteiger partial charge in [0, 0.05) is 10.2 Å². The van der Waals surface area contributed by atoms with Crippen molar-refractivity contribution in [3.05, 3.63) is 99.8 Å². The van der Waals surface area contributed by atoms with E-state index >= 15 is 0 Å². The highest BCUT2D eigenvalue weighted by atomic mass is 79.9. The van der Waals surface area contributed by atoms with E-state index in [0.717, 1.165) is 10.0 Å². The molecule has 0 saturated carbocycles. The monoisotopic (exact) mass is 450 g/mol. The summed E-state index contributed by atoms with van der Waals surface area (Å²) in [5.74, 6) is -0.192. The van der Waals surface area contributed by atoms with Gasteiger partial charge < -0.3 is 10.1 Å². The number of nitrogens with zero attached hydrogens (tertiary/aromatic N) is 1. The Bertz CT molecular complexity index is 1070. The molecule has 29 heavy (non-hydrogen) atoms. The molecule has 3 aromatic carbocycles. The molecule has 3 aromatic rings. The molecule has 1 amide bonds. The number of benzene rings is 3. The molecule has 0 heterocycles. The Hall–Kier alpha value is -3.43. The standard InChI is InChI=1S/C23H16BrFN2O2/c24-19-6-8-21(9-7-19)27-23(28)18(14-26)12-16-4-10-22(11-5-16)29-15-17-2-1-3-20(25)13-17/h1-13H,15H2,(H,27,28)/b18-12-. The predicted molar refractivity (Wildman–Crippen MR) is 114 cm³/mol. The van der Waals surface area contributed by atoms with Gasteiger partial charge in [-0.05, 0) is 65.7 Å². The fourth-order valence-corrected chi connectivity index (χ4v) is 2.76. The summed E-state index contributed by atoms with van der Waals surface area (Å²) >= 11 is 3.33. The summed E-state index contributed by atoms with van der Waals surface area (Å²) in [5.41, 5.74) is 2.00. The summed E-state index contributed by atoms with van der Waals surface area (Å²) in [7, 11) is 0. The maximum Gasteiger partial charge on any atom is 0.266 e. The van der Waals surface area contributed by atoms with E-state index in [0.29, 0.717) is 17.0 Å². The molecule has 0 saturated heterocycles. The van der Waals surface area contributed by atoms with Crippen LogP contribution in [-0.2, 0) is 11.4 Å². The molecule has 4 nitrogen and oxygen atoms in total. The van der Waals surface area contributed by atoms with Crippen LogP contribution in [0, 0.1) is 17.1 Å². The van der Waals surface area contributed by atoms with Crippen molar-refractivity contribution in [2.75, 3.05) is 5.32 Å². The molecule has 0 atom stereocenters. The Balaban J connectivity index is 1.64. The third kappa shape index (κ3) is 6.03. The highest BCUT2D eigenvalue weighted by Gasteiger charge is 2.09. The van der Waals surface area contributed by atoms with Crippen LogP contribution in [0.4, 0.5) is 10.1 Å². The summed E-state index contributed by atoms with van der Waals surface area (Å²) in [5, 5.41) is 12.0. The number of hydrogen-bond acceptors (Lipinski definition) is 3. The first kappa shape index (κ1) is 20.3. The molecule has 0 spiro atoms. The molecule has 1 N–H and O–H groups in total. The number of carbonyl (C=O) groups is 1. The summed E-state index contributed by atoms with van der Waals surface area (Å²) in [6, 6.07) is 22.1. The highest BCUT2D eigenvalue weighted by Crippen LogP contribution is 2.18. The van der Waals surface area contributed by atoms with Gasteiger partial charge in [-0.15, -0.1) is 0 Å². The van der Waals surface area contributed by atoms with Gasteiger partial charge in [-0.2, -0.15) is 5.26 Å². The second-order valence-corrected chi connectivity index (χ2v) is 7.03. The number of halogens is 2. The van der Waals surface area contributed by atoms with E-state index in [1.165, 1.54) is 18.2 Å². The Labute approximate surface area is 176 Å². The zero-order valence-electron chi connectivity index (χ0n) is 15.2. The Morgan fingerprint density at radius 1 is 1.10 bits per heavy atom. The first-order valence-electron chi connectivity index (χ1n) is 8.69. The molecule has 0 fully saturated rings. The van der Waals surface area contributed by atoms with Gasteiger partial charge in [0.2, 0.25) is 0 Å². The second-order valence-electron chi connectivity index (χ2n) is 6.12. The first-order chi connectivity index (χ1) is 14.0.